The highest BCUT2D eigenvalue weighted by molar-refractivity contribution is 5.82. The van der Waals surface area contributed by atoms with Crippen molar-refractivity contribution < 1.29 is 14.4 Å². The zero-order valence-corrected chi connectivity index (χ0v) is 29.6. The van der Waals surface area contributed by atoms with Gasteiger partial charge in [-0.1, -0.05) is 73.7 Å². The molecule has 3 atom stereocenters. The Kier molecular flexibility index (Phi) is 16.2. The summed E-state index contributed by atoms with van der Waals surface area (Å²) in [6.07, 6.45) is 4.35. The normalized spacial score (nSPS) is 18.3. The summed E-state index contributed by atoms with van der Waals surface area (Å²) in [5.41, 5.74) is 16.4. The number of nitrogen functional groups attached to an aromatic ring is 1. The molecule has 3 unspecified atom stereocenters. The van der Waals surface area contributed by atoms with E-state index in [0.29, 0.717) is 18.3 Å². The summed E-state index contributed by atoms with van der Waals surface area (Å²) in [4.78, 5) is 40.9. The molecule has 2 saturated heterocycles. The van der Waals surface area contributed by atoms with E-state index in [9.17, 15) is 14.4 Å². The SMILES string of the molecule is CC(=O)N1CCN(C2CC(C(=O)NCc3ccc(N(C)N)c(N)c3)N(C)C2)CC1.CCc1ccccc1.NC(C=O)CCc1ccccc1. The first-order chi connectivity index (χ1) is 23.5. The number of rotatable bonds is 10. The van der Waals surface area contributed by atoms with Crippen LogP contribution in [0.15, 0.2) is 78.9 Å². The van der Waals surface area contributed by atoms with Gasteiger partial charge in [-0.15, -0.1) is 0 Å². The van der Waals surface area contributed by atoms with Gasteiger partial charge in [0.2, 0.25) is 11.8 Å². The second kappa shape index (κ2) is 20.3. The first kappa shape index (κ1) is 39.2. The highest BCUT2D eigenvalue weighted by Gasteiger charge is 2.38. The maximum absolute atomic E-state index is 12.8. The van der Waals surface area contributed by atoms with Crippen molar-refractivity contribution in [3.63, 3.8) is 0 Å². The maximum Gasteiger partial charge on any atom is 0.237 e. The van der Waals surface area contributed by atoms with E-state index in [-0.39, 0.29) is 23.9 Å². The van der Waals surface area contributed by atoms with E-state index in [4.69, 9.17) is 17.3 Å². The number of likely N-dealkylation sites (N-methyl/N-ethyl adjacent to an activating group) is 1. The number of hydrogen-bond acceptors (Lipinski definition) is 9. The van der Waals surface area contributed by atoms with Crippen molar-refractivity contribution in [1.29, 1.82) is 0 Å². The van der Waals surface area contributed by atoms with E-state index in [2.05, 4.69) is 46.3 Å². The fraction of sp³-hybridized carbons (Fsp3) is 0.447. The van der Waals surface area contributed by atoms with Gasteiger partial charge in [0, 0.05) is 59.3 Å². The number of amides is 2. The second-order valence-electron chi connectivity index (χ2n) is 12.8. The number of hydrazine groups is 1. The smallest absolute Gasteiger partial charge is 0.237 e. The number of piperazine rings is 1. The van der Waals surface area contributed by atoms with E-state index < -0.39 is 0 Å². The Hall–Kier alpha value is -4.29. The average molecular weight is 673 g/mol. The van der Waals surface area contributed by atoms with Gasteiger partial charge in [0.15, 0.2) is 0 Å². The summed E-state index contributed by atoms with van der Waals surface area (Å²) in [5.74, 6) is 5.91. The molecule has 2 amide bonds. The number of anilines is 2. The molecule has 11 nitrogen and oxygen atoms in total. The third-order valence-corrected chi connectivity index (χ3v) is 9.08. The van der Waals surface area contributed by atoms with Crippen molar-refractivity contribution in [3.05, 3.63) is 95.6 Å². The Morgan fingerprint density at radius 3 is 2.08 bits per heavy atom. The standard InChI is InChI=1S/C20H33N7O2.C10H13NO.C8H10/c1-14(28)26-6-8-27(9-7-26)16-11-19(24(2)13-16)20(29)23-12-15-4-5-18(25(3)22)17(21)10-15;11-10(8-12)7-6-9-4-2-1-3-5-9;1-2-8-6-4-3-5-7-8/h4-5,10,16,19H,6-9,11-13,21-22H2,1-3H3,(H,23,29);1-5,8,10H,6-7,11H2;3-7H,2H2,1H3. The Bertz CT molecular complexity index is 1430. The fourth-order valence-corrected chi connectivity index (χ4v) is 6.05. The number of aldehydes is 1. The van der Waals surface area contributed by atoms with Crippen LogP contribution in [0.2, 0.25) is 0 Å². The molecule has 49 heavy (non-hydrogen) atoms. The van der Waals surface area contributed by atoms with Crippen LogP contribution in [0, 0.1) is 0 Å². The average Bonchev–Trinajstić information content (AvgIpc) is 3.52. The second-order valence-corrected chi connectivity index (χ2v) is 12.8. The first-order valence-corrected chi connectivity index (χ1v) is 17.1. The third-order valence-electron chi connectivity index (χ3n) is 9.08. The molecule has 0 bridgehead atoms. The Morgan fingerprint density at radius 1 is 0.959 bits per heavy atom. The minimum absolute atomic E-state index is 0.0379. The number of hydrogen-bond donors (Lipinski definition) is 4. The van der Waals surface area contributed by atoms with Gasteiger partial charge in [-0.2, -0.15) is 0 Å². The van der Waals surface area contributed by atoms with Crippen molar-refractivity contribution in [2.45, 2.75) is 64.2 Å². The van der Waals surface area contributed by atoms with Gasteiger partial charge in [0.25, 0.3) is 0 Å². The number of carbonyl (C=O) groups excluding carboxylic acids is 3. The van der Waals surface area contributed by atoms with Crippen molar-refractivity contribution in [2.24, 2.45) is 11.6 Å². The number of benzene rings is 3. The summed E-state index contributed by atoms with van der Waals surface area (Å²) >= 11 is 0. The van der Waals surface area contributed by atoms with Crippen molar-refractivity contribution in [2.75, 3.05) is 57.6 Å². The largest absolute Gasteiger partial charge is 0.397 e. The summed E-state index contributed by atoms with van der Waals surface area (Å²) < 4.78 is 0. The van der Waals surface area contributed by atoms with Gasteiger partial charge in [-0.25, -0.2) is 5.84 Å². The van der Waals surface area contributed by atoms with Crippen LogP contribution in [0.3, 0.4) is 0 Å². The molecule has 0 saturated carbocycles. The molecule has 0 aliphatic carbocycles. The molecule has 2 heterocycles. The molecule has 11 heteroatoms. The molecule has 266 valence electrons. The van der Waals surface area contributed by atoms with Crippen LogP contribution in [0.1, 0.15) is 43.4 Å². The lowest BCUT2D eigenvalue weighted by Gasteiger charge is -2.37. The van der Waals surface area contributed by atoms with Crippen molar-refractivity contribution in [3.8, 4) is 0 Å². The van der Waals surface area contributed by atoms with E-state index in [1.807, 2.05) is 66.5 Å². The fourth-order valence-electron chi connectivity index (χ4n) is 6.05. The van der Waals surface area contributed by atoms with E-state index in [1.165, 1.54) is 16.1 Å². The van der Waals surface area contributed by atoms with Gasteiger partial charge in [-0.3, -0.25) is 19.4 Å². The Morgan fingerprint density at radius 2 is 1.57 bits per heavy atom. The number of nitrogens with one attached hydrogen (secondary N) is 1. The van der Waals surface area contributed by atoms with Crippen LogP contribution in [-0.4, -0.2) is 97.7 Å². The third kappa shape index (κ3) is 12.9. The molecule has 0 aromatic heterocycles. The van der Waals surface area contributed by atoms with Gasteiger partial charge >= 0.3 is 0 Å². The summed E-state index contributed by atoms with van der Waals surface area (Å²) in [6, 6.07) is 26.0. The summed E-state index contributed by atoms with van der Waals surface area (Å²) in [6.45, 7) is 8.35. The van der Waals surface area contributed by atoms with Crippen molar-refractivity contribution >= 4 is 29.5 Å². The maximum atomic E-state index is 12.8. The lowest BCUT2D eigenvalue weighted by Crippen LogP contribution is -2.52. The molecule has 2 aliphatic rings. The molecule has 7 N–H and O–H groups in total. The highest BCUT2D eigenvalue weighted by atomic mass is 16.2. The van der Waals surface area contributed by atoms with E-state index in [0.717, 1.165) is 75.9 Å². The molecule has 5 rings (SSSR count). The quantitative estimate of drug-likeness (QED) is 0.110. The Labute approximate surface area is 292 Å². The molecule has 3 aromatic rings. The molecular formula is C38H56N8O3. The minimum atomic E-state index is -0.315. The summed E-state index contributed by atoms with van der Waals surface area (Å²) in [5, 5.41) is 4.51. The molecule has 2 fully saturated rings. The van der Waals surface area contributed by atoms with E-state index >= 15 is 0 Å². The molecular weight excluding hydrogens is 616 g/mol. The predicted octanol–water partition coefficient (Wildman–Crippen LogP) is 2.83. The number of nitrogens with two attached hydrogens (primary N) is 3. The number of carbonyl (C=O) groups is 3. The van der Waals surface area contributed by atoms with Crippen LogP contribution >= 0.6 is 0 Å². The Balaban J connectivity index is 0.000000264. The molecule has 2 aliphatic heterocycles. The lowest BCUT2D eigenvalue weighted by molar-refractivity contribution is -0.130. The molecule has 0 spiro atoms. The van der Waals surface area contributed by atoms with Crippen molar-refractivity contribution in [1.82, 2.24) is 20.0 Å². The highest BCUT2D eigenvalue weighted by Crippen LogP contribution is 2.24. The molecule has 0 radical (unpaired) electrons. The monoisotopic (exact) mass is 672 g/mol. The van der Waals surface area contributed by atoms with Crippen LogP contribution in [0.5, 0.6) is 0 Å². The van der Waals surface area contributed by atoms with Crippen LogP contribution < -0.4 is 27.6 Å². The van der Waals surface area contributed by atoms with Gasteiger partial charge in [-0.05, 0) is 61.6 Å². The number of nitrogens with zero attached hydrogens (tertiary/aromatic N) is 4. The zero-order valence-electron chi connectivity index (χ0n) is 29.6. The lowest BCUT2D eigenvalue weighted by atomic mass is 10.1. The van der Waals surface area contributed by atoms with Gasteiger partial charge in [0.05, 0.1) is 23.5 Å². The first-order valence-electron chi connectivity index (χ1n) is 17.1. The number of aryl methyl sites for hydroxylation is 2. The zero-order chi connectivity index (χ0) is 35.8. The van der Waals surface area contributed by atoms with E-state index in [1.54, 1.807) is 14.0 Å². The van der Waals surface area contributed by atoms with Crippen LogP contribution in [0.25, 0.3) is 0 Å². The van der Waals surface area contributed by atoms with Crippen LogP contribution in [0.4, 0.5) is 11.4 Å². The van der Waals surface area contributed by atoms with Crippen LogP contribution in [-0.2, 0) is 33.8 Å². The van der Waals surface area contributed by atoms with Gasteiger partial charge in [0.1, 0.15) is 6.29 Å². The van der Waals surface area contributed by atoms with Gasteiger partial charge < -0.3 is 31.5 Å². The predicted molar refractivity (Wildman–Crippen MR) is 199 cm³/mol. The molecule has 3 aromatic carbocycles. The number of likely N-dealkylation sites (tertiary alicyclic amines) is 1. The summed E-state index contributed by atoms with van der Waals surface area (Å²) in [7, 11) is 3.74. The minimum Gasteiger partial charge on any atom is -0.397 e. The topological polar surface area (TPSA) is 154 Å².